The Bertz CT molecular complexity index is 1340. The Labute approximate surface area is 177 Å². The molecule has 1 aromatic heterocycles. The molecule has 0 spiro atoms. The second kappa shape index (κ2) is 8.79. The molecule has 1 N–H and O–H groups in total. The van der Waals surface area contributed by atoms with Crippen molar-refractivity contribution in [3.63, 3.8) is 0 Å². The maximum atomic E-state index is 13.2. The van der Waals surface area contributed by atoms with Crippen LogP contribution in [0.5, 0.6) is 0 Å². The highest BCUT2D eigenvalue weighted by atomic mass is 19.1. The van der Waals surface area contributed by atoms with Crippen LogP contribution in [-0.2, 0) is 24.3 Å². The fraction of sp³-hybridized carbons (Fsp3) is 0.125. The molecular formula is C24H20FN3O3. The van der Waals surface area contributed by atoms with E-state index in [2.05, 4.69) is 5.32 Å². The van der Waals surface area contributed by atoms with Gasteiger partial charge in [-0.1, -0.05) is 42.5 Å². The van der Waals surface area contributed by atoms with Gasteiger partial charge in [0, 0.05) is 12.2 Å². The number of nitrogens with zero attached hydrogens (tertiary/aromatic N) is 2. The highest BCUT2D eigenvalue weighted by molar-refractivity contribution is 5.91. The number of halogens is 1. The number of carbonyl (C=O) groups is 1. The maximum Gasteiger partial charge on any atom is 0.331 e. The van der Waals surface area contributed by atoms with Gasteiger partial charge in [-0.05, 0) is 48.4 Å². The van der Waals surface area contributed by atoms with Crippen molar-refractivity contribution in [2.24, 2.45) is 0 Å². The van der Waals surface area contributed by atoms with Gasteiger partial charge in [-0.25, -0.2) is 9.18 Å². The molecule has 156 valence electrons. The normalized spacial score (nSPS) is 10.9. The standard InChI is InChI=1S/C24H20FN3O3/c25-18-10-12-19(13-11-18)26-22(29)16-28-21-9-5-4-8-20(21)23(30)27(24(28)31)15-14-17-6-2-1-3-7-17/h1-13H,14-16H2,(H,26,29). The van der Waals surface area contributed by atoms with Crippen LogP contribution in [-0.4, -0.2) is 15.0 Å². The number of rotatable bonds is 6. The summed E-state index contributed by atoms with van der Waals surface area (Å²) in [6, 6.07) is 21.6. The third-order valence-corrected chi connectivity index (χ3v) is 5.03. The first-order valence-electron chi connectivity index (χ1n) is 9.84. The van der Waals surface area contributed by atoms with Crippen LogP contribution < -0.4 is 16.6 Å². The van der Waals surface area contributed by atoms with Crippen LogP contribution in [0.2, 0.25) is 0 Å². The molecule has 4 rings (SSSR count). The van der Waals surface area contributed by atoms with Gasteiger partial charge < -0.3 is 5.32 Å². The van der Waals surface area contributed by atoms with Crippen LogP contribution in [0, 0.1) is 5.82 Å². The third kappa shape index (κ3) is 4.45. The Morgan fingerprint density at radius 3 is 2.26 bits per heavy atom. The van der Waals surface area contributed by atoms with Gasteiger partial charge in [-0.3, -0.25) is 18.7 Å². The Morgan fingerprint density at radius 1 is 0.839 bits per heavy atom. The summed E-state index contributed by atoms with van der Waals surface area (Å²) in [6.45, 7) is -0.0750. The van der Waals surface area contributed by atoms with E-state index in [0.717, 1.165) is 5.56 Å². The van der Waals surface area contributed by atoms with Crippen molar-refractivity contribution in [2.75, 3.05) is 5.32 Å². The van der Waals surface area contributed by atoms with Crippen molar-refractivity contribution in [1.82, 2.24) is 9.13 Å². The number of aryl methyl sites for hydroxylation is 1. The van der Waals surface area contributed by atoms with Crippen molar-refractivity contribution in [2.45, 2.75) is 19.5 Å². The van der Waals surface area contributed by atoms with E-state index >= 15 is 0 Å². The van der Waals surface area contributed by atoms with Crippen molar-refractivity contribution in [3.8, 4) is 0 Å². The minimum absolute atomic E-state index is 0.200. The maximum absolute atomic E-state index is 13.2. The summed E-state index contributed by atoms with van der Waals surface area (Å²) in [5.74, 6) is -0.863. The minimum Gasteiger partial charge on any atom is -0.325 e. The van der Waals surface area contributed by atoms with Crippen molar-refractivity contribution in [3.05, 3.63) is 111 Å². The van der Waals surface area contributed by atoms with Gasteiger partial charge in [0.15, 0.2) is 0 Å². The highest BCUT2D eigenvalue weighted by Crippen LogP contribution is 2.11. The van der Waals surface area contributed by atoms with Gasteiger partial charge in [-0.2, -0.15) is 0 Å². The summed E-state index contributed by atoms with van der Waals surface area (Å²) in [4.78, 5) is 38.7. The average molecular weight is 417 g/mol. The Kier molecular flexibility index (Phi) is 5.75. The van der Waals surface area contributed by atoms with E-state index in [1.807, 2.05) is 30.3 Å². The van der Waals surface area contributed by atoms with Crippen LogP contribution in [0.15, 0.2) is 88.5 Å². The molecule has 1 amide bonds. The highest BCUT2D eigenvalue weighted by Gasteiger charge is 2.15. The first-order chi connectivity index (χ1) is 15.0. The lowest BCUT2D eigenvalue weighted by Gasteiger charge is -2.14. The lowest BCUT2D eigenvalue weighted by atomic mass is 10.1. The second-order valence-corrected chi connectivity index (χ2v) is 7.13. The number of para-hydroxylation sites is 1. The van der Waals surface area contributed by atoms with Crippen molar-refractivity contribution in [1.29, 1.82) is 0 Å². The predicted octanol–water partition coefficient (Wildman–Crippen LogP) is 3.18. The number of aromatic nitrogens is 2. The van der Waals surface area contributed by atoms with E-state index in [0.29, 0.717) is 23.0 Å². The molecule has 0 saturated heterocycles. The number of anilines is 1. The summed E-state index contributed by atoms with van der Waals surface area (Å²) in [6.07, 6.45) is 0.510. The van der Waals surface area contributed by atoms with Crippen LogP contribution in [0.4, 0.5) is 10.1 Å². The second-order valence-electron chi connectivity index (χ2n) is 7.13. The first-order valence-corrected chi connectivity index (χ1v) is 9.84. The largest absolute Gasteiger partial charge is 0.331 e. The molecule has 1 heterocycles. The van der Waals surface area contributed by atoms with Crippen molar-refractivity contribution < 1.29 is 9.18 Å². The number of amides is 1. The molecule has 7 heteroatoms. The van der Waals surface area contributed by atoms with Gasteiger partial charge in [0.25, 0.3) is 5.56 Å². The van der Waals surface area contributed by atoms with Crippen LogP contribution in [0.3, 0.4) is 0 Å². The predicted molar refractivity (Wildman–Crippen MR) is 118 cm³/mol. The van der Waals surface area contributed by atoms with E-state index in [4.69, 9.17) is 0 Å². The molecule has 0 aliphatic rings. The number of carbonyl (C=O) groups excluding carboxylic acids is 1. The molecule has 31 heavy (non-hydrogen) atoms. The average Bonchev–Trinajstić information content (AvgIpc) is 2.79. The van der Waals surface area contributed by atoms with Crippen LogP contribution in [0.25, 0.3) is 10.9 Å². The molecule has 0 unspecified atom stereocenters. The summed E-state index contributed by atoms with van der Waals surface area (Å²) in [7, 11) is 0. The molecule has 0 atom stereocenters. The topological polar surface area (TPSA) is 73.1 Å². The summed E-state index contributed by atoms with van der Waals surface area (Å²) in [5.41, 5.74) is 0.882. The van der Waals surface area contributed by atoms with Gasteiger partial charge in [0.1, 0.15) is 12.4 Å². The summed E-state index contributed by atoms with van der Waals surface area (Å²) >= 11 is 0. The Balaban J connectivity index is 1.68. The zero-order valence-corrected chi connectivity index (χ0v) is 16.6. The number of fused-ring (bicyclic) bond motifs is 1. The molecule has 4 aromatic rings. The van der Waals surface area contributed by atoms with Gasteiger partial charge in [0.2, 0.25) is 5.91 Å². The number of hydrogen-bond donors (Lipinski definition) is 1. The van der Waals surface area contributed by atoms with E-state index in [1.54, 1.807) is 24.3 Å². The Hall–Kier alpha value is -4.00. The fourth-order valence-electron chi connectivity index (χ4n) is 3.48. The molecule has 6 nitrogen and oxygen atoms in total. The van der Waals surface area contributed by atoms with Gasteiger partial charge in [-0.15, -0.1) is 0 Å². The monoisotopic (exact) mass is 417 g/mol. The molecule has 0 bridgehead atoms. The zero-order valence-electron chi connectivity index (χ0n) is 16.6. The molecule has 0 aliphatic heterocycles. The number of benzene rings is 3. The smallest absolute Gasteiger partial charge is 0.325 e. The third-order valence-electron chi connectivity index (χ3n) is 5.03. The van der Waals surface area contributed by atoms with Crippen LogP contribution >= 0.6 is 0 Å². The molecular weight excluding hydrogens is 397 g/mol. The summed E-state index contributed by atoms with van der Waals surface area (Å²) < 4.78 is 15.5. The number of nitrogens with one attached hydrogen (secondary N) is 1. The first kappa shape index (κ1) is 20.3. The lowest BCUT2D eigenvalue weighted by molar-refractivity contribution is -0.116. The number of hydrogen-bond acceptors (Lipinski definition) is 3. The van der Waals surface area contributed by atoms with E-state index in [9.17, 15) is 18.8 Å². The molecule has 0 aliphatic carbocycles. The van der Waals surface area contributed by atoms with E-state index in [-0.39, 0.29) is 18.6 Å². The van der Waals surface area contributed by atoms with Gasteiger partial charge in [0.05, 0.1) is 10.9 Å². The lowest BCUT2D eigenvalue weighted by Crippen LogP contribution is -2.42. The van der Waals surface area contributed by atoms with E-state index < -0.39 is 17.4 Å². The SMILES string of the molecule is O=C(Cn1c(=O)n(CCc2ccccc2)c(=O)c2ccccc21)Nc1ccc(F)cc1. The van der Waals surface area contributed by atoms with Gasteiger partial charge >= 0.3 is 5.69 Å². The molecule has 3 aromatic carbocycles. The quantitative estimate of drug-likeness (QED) is 0.524. The zero-order chi connectivity index (χ0) is 21.8. The fourth-order valence-corrected chi connectivity index (χ4v) is 3.48. The van der Waals surface area contributed by atoms with Crippen LogP contribution in [0.1, 0.15) is 5.56 Å². The minimum atomic E-state index is -0.547. The summed E-state index contributed by atoms with van der Waals surface area (Å²) in [5, 5.41) is 3.01. The molecule has 0 fully saturated rings. The molecule has 0 radical (unpaired) electrons. The van der Waals surface area contributed by atoms with E-state index in [1.165, 1.54) is 33.4 Å². The Morgan fingerprint density at radius 2 is 1.52 bits per heavy atom. The molecule has 0 saturated carbocycles. The van der Waals surface area contributed by atoms with Crippen molar-refractivity contribution >= 4 is 22.5 Å².